The summed E-state index contributed by atoms with van der Waals surface area (Å²) in [7, 11) is 0. The van der Waals surface area contributed by atoms with Crippen molar-refractivity contribution in [3.8, 4) is 0 Å². The topological polar surface area (TPSA) is 105 Å². The van der Waals surface area contributed by atoms with Gasteiger partial charge in [-0.25, -0.2) is 4.98 Å². The van der Waals surface area contributed by atoms with Crippen LogP contribution in [0.4, 0.5) is 0 Å². The molecule has 0 aliphatic rings. The molecule has 0 radical (unpaired) electrons. The number of thioether (sulfide) groups is 1. The fourth-order valence-electron chi connectivity index (χ4n) is 2.69. The summed E-state index contributed by atoms with van der Waals surface area (Å²) in [5.41, 5.74) is 7.31. The van der Waals surface area contributed by atoms with Gasteiger partial charge in [-0.15, -0.1) is 5.10 Å². The minimum Gasteiger partial charge on any atom is -0.370 e. The van der Waals surface area contributed by atoms with Gasteiger partial charge in [0.25, 0.3) is 0 Å². The Bertz CT molecular complexity index is 989. The van der Waals surface area contributed by atoms with E-state index < -0.39 is 5.91 Å². The van der Waals surface area contributed by atoms with Gasteiger partial charge in [0.2, 0.25) is 17.0 Å². The van der Waals surface area contributed by atoms with E-state index in [4.69, 9.17) is 5.73 Å². The monoisotopic (exact) mass is 421 g/mol. The van der Waals surface area contributed by atoms with Crippen molar-refractivity contribution in [3.63, 3.8) is 0 Å². The molecule has 2 aromatic carbocycles. The number of H-pyrrole nitrogens is 1. The van der Waals surface area contributed by atoms with E-state index in [9.17, 15) is 9.59 Å². The number of aromatic amines is 1. The van der Waals surface area contributed by atoms with Crippen molar-refractivity contribution in [1.29, 1.82) is 0 Å². The molecule has 1 heterocycles. The van der Waals surface area contributed by atoms with E-state index in [1.165, 1.54) is 11.8 Å². The van der Waals surface area contributed by atoms with Gasteiger partial charge in [0.1, 0.15) is 5.82 Å². The summed E-state index contributed by atoms with van der Waals surface area (Å²) in [5, 5.41) is 7.49. The molecule has 3 N–H and O–H groups in total. The van der Waals surface area contributed by atoms with Crippen molar-refractivity contribution in [2.75, 3.05) is 12.3 Å². The first kappa shape index (κ1) is 21.3. The summed E-state index contributed by atoms with van der Waals surface area (Å²) in [6, 6.07) is 19.5. The highest BCUT2D eigenvalue weighted by Crippen LogP contribution is 2.16. The fourth-order valence-corrected chi connectivity index (χ4v) is 3.40. The maximum Gasteiger partial charge on any atom is 0.233 e. The molecule has 0 spiro atoms. The summed E-state index contributed by atoms with van der Waals surface area (Å²) >= 11 is 1.25. The summed E-state index contributed by atoms with van der Waals surface area (Å²) in [6.45, 7) is 0.704. The lowest BCUT2D eigenvalue weighted by Crippen LogP contribution is -2.34. The van der Waals surface area contributed by atoms with E-state index in [1.54, 1.807) is 4.90 Å². The number of carbonyl (C=O) groups is 2. The third kappa shape index (κ3) is 6.89. The largest absolute Gasteiger partial charge is 0.370 e. The highest BCUT2D eigenvalue weighted by molar-refractivity contribution is 7.99. The third-order valence-electron chi connectivity index (χ3n) is 4.24. The number of rotatable bonds is 10. The molecule has 0 saturated heterocycles. The van der Waals surface area contributed by atoms with Gasteiger partial charge in [-0.3, -0.25) is 14.7 Å². The molecule has 30 heavy (non-hydrogen) atoms. The Kier molecular flexibility index (Phi) is 7.79. The number of hydrogen-bond acceptors (Lipinski definition) is 5. The molecule has 0 unspecified atom stereocenters. The van der Waals surface area contributed by atoms with Gasteiger partial charge >= 0.3 is 0 Å². The zero-order valence-electron chi connectivity index (χ0n) is 16.4. The van der Waals surface area contributed by atoms with Crippen LogP contribution in [0.15, 0.2) is 65.8 Å². The van der Waals surface area contributed by atoms with Crippen LogP contribution in [0, 0.1) is 0 Å². The molecule has 1 aromatic heterocycles. The molecule has 2 amide bonds. The Balaban J connectivity index is 1.57. The summed E-state index contributed by atoms with van der Waals surface area (Å²) < 4.78 is 0. The minimum absolute atomic E-state index is 0.101. The molecule has 0 atom stereocenters. The Morgan fingerprint density at radius 2 is 1.73 bits per heavy atom. The lowest BCUT2D eigenvalue weighted by atomic mass is 10.2. The van der Waals surface area contributed by atoms with Crippen molar-refractivity contribution >= 4 is 35.7 Å². The van der Waals surface area contributed by atoms with Crippen LogP contribution in [0.5, 0.6) is 0 Å². The average molecular weight is 422 g/mol. The summed E-state index contributed by atoms with van der Waals surface area (Å²) in [6.07, 6.45) is 3.90. The van der Waals surface area contributed by atoms with Gasteiger partial charge in [-0.2, -0.15) is 0 Å². The van der Waals surface area contributed by atoms with E-state index in [-0.39, 0.29) is 24.6 Å². The van der Waals surface area contributed by atoms with Crippen molar-refractivity contribution in [2.45, 2.75) is 18.1 Å². The highest BCUT2D eigenvalue weighted by Gasteiger charge is 2.16. The first-order valence-electron chi connectivity index (χ1n) is 9.48. The van der Waals surface area contributed by atoms with E-state index >= 15 is 0 Å². The quantitative estimate of drug-likeness (QED) is 0.490. The first-order valence-corrected chi connectivity index (χ1v) is 10.5. The molecule has 8 heteroatoms. The van der Waals surface area contributed by atoms with Crippen LogP contribution in [0.2, 0.25) is 0 Å². The molecule has 3 aromatic rings. The van der Waals surface area contributed by atoms with Crippen LogP contribution < -0.4 is 5.73 Å². The molecule has 3 rings (SSSR count). The molecular weight excluding hydrogens is 398 g/mol. The van der Waals surface area contributed by atoms with Crippen LogP contribution in [-0.2, 0) is 16.1 Å². The standard InChI is InChI=1S/C22H23N5O2S/c23-19(28)13-14-27(15-18-9-5-2-6-10-18)21(29)16-30-22-24-20(25-26-22)12-11-17-7-3-1-4-8-17/h1-12H,13-16H2,(H2,23,28)(H,24,25,26)/b12-11+. The number of carbonyl (C=O) groups excluding carboxylic acids is 2. The van der Waals surface area contributed by atoms with E-state index in [0.29, 0.717) is 17.5 Å². The lowest BCUT2D eigenvalue weighted by Gasteiger charge is -2.22. The maximum absolute atomic E-state index is 12.7. The number of amides is 2. The zero-order valence-corrected chi connectivity index (χ0v) is 17.2. The Labute approximate surface area is 179 Å². The predicted octanol–water partition coefficient (Wildman–Crippen LogP) is 2.97. The summed E-state index contributed by atoms with van der Waals surface area (Å²) in [4.78, 5) is 29.9. The summed E-state index contributed by atoms with van der Waals surface area (Å²) in [5.74, 6) is 0.253. The molecule has 0 aliphatic carbocycles. The van der Waals surface area contributed by atoms with Crippen LogP contribution in [0.1, 0.15) is 23.4 Å². The Morgan fingerprint density at radius 3 is 2.43 bits per heavy atom. The molecule has 7 nitrogen and oxygen atoms in total. The second-order valence-corrected chi connectivity index (χ2v) is 7.50. The second-order valence-electron chi connectivity index (χ2n) is 6.55. The van der Waals surface area contributed by atoms with Crippen LogP contribution in [0.25, 0.3) is 12.2 Å². The fraction of sp³-hybridized carbons (Fsp3) is 0.182. The first-order chi connectivity index (χ1) is 14.6. The molecule has 0 saturated carbocycles. The van der Waals surface area contributed by atoms with Gasteiger partial charge in [-0.1, -0.05) is 78.5 Å². The SMILES string of the molecule is NC(=O)CCN(Cc1ccccc1)C(=O)CSc1n[nH]c(/C=C/c2ccccc2)n1. The van der Waals surface area contributed by atoms with Crippen molar-refractivity contribution in [1.82, 2.24) is 20.1 Å². The number of aromatic nitrogens is 3. The normalized spacial score (nSPS) is 10.9. The number of nitrogens with two attached hydrogens (primary N) is 1. The van der Waals surface area contributed by atoms with Crippen LogP contribution in [-0.4, -0.2) is 44.2 Å². The molecule has 154 valence electrons. The number of primary amides is 1. The molecule has 0 bridgehead atoms. The third-order valence-corrected chi connectivity index (χ3v) is 5.07. The molecule has 0 fully saturated rings. The zero-order chi connectivity index (χ0) is 21.2. The van der Waals surface area contributed by atoms with Gasteiger partial charge in [0, 0.05) is 19.5 Å². The predicted molar refractivity (Wildman–Crippen MR) is 118 cm³/mol. The Morgan fingerprint density at radius 1 is 1.03 bits per heavy atom. The van der Waals surface area contributed by atoms with Gasteiger partial charge in [0.05, 0.1) is 5.75 Å². The van der Waals surface area contributed by atoms with Gasteiger partial charge in [0.15, 0.2) is 0 Å². The van der Waals surface area contributed by atoms with Crippen molar-refractivity contribution in [3.05, 3.63) is 77.6 Å². The van der Waals surface area contributed by atoms with Gasteiger partial charge < -0.3 is 10.6 Å². The van der Waals surface area contributed by atoms with Crippen LogP contribution in [0.3, 0.4) is 0 Å². The van der Waals surface area contributed by atoms with E-state index in [0.717, 1.165) is 11.1 Å². The number of nitrogens with zero attached hydrogens (tertiary/aromatic N) is 3. The average Bonchev–Trinajstić information content (AvgIpc) is 3.23. The smallest absolute Gasteiger partial charge is 0.233 e. The van der Waals surface area contributed by atoms with Crippen molar-refractivity contribution in [2.24, 2.45) is 5.73 Å². The number of hydrogen-bond donors (Lipinski definition) is 2. The number of benzene rings is 2. The maximum atomic E-state index is 12.7. The molecular formula is C22H23N5O2S. The Hall–Kier alpha value is -3.39. The minimum atomic E-state index is -0.433. The van der Waals surface area contributed by atoms with Crippen LogP contribution >= 0.6 is 11.8 Å². The van der Waals surface area contributed by atoms with Crippen molar-refractivity contribution < 1.29 is 9.59 Å². The van der Waals surface area contributed by atoms with E-state index in [1.807, 2.05) is 72.8 Å². The highest BCUT2D eigenvalue weighted by atomic mass is 32.2. The molecule has 0 aliphatic heterocycles. The second kappa shape index (κ2) is 11.0. The van der Waals surface area contributed by atoms with Gasteiger partial charge in [-0.05, 0) is 17.2 Å². The van der Waals surface area contributed by atoms with E-state index in [2.05, 4.69) is 15.2 Å². The lowest BCUT2D eigenvalue weighted by molar-refractivity contribution is -0.129. The number of nitrogens with one attached hydrogen (secondary N) is 1.